The molecule has 0 aliphatic heterocycles. The van der Waals surface area contributed by atoms with Gasteiger partial charge in [-0.3, -0.25) is 0 Å². The molecule has 0 unspecified atom stereocenters. The molecular formula is C15H26N2O2. The standard InChI is InChI=1S/C15H26N2O2/c1-14-5-3-6-15(13-14)19-11-4-7-16-8-9-17-10-12-18-2/h3,5-6,13,16-17H,4,7-12H2,1-2H3. The van der Waals surface area contributed by atoms with Crippen LogP contribution in [0.5, 0.6) is 5.75 Å². The second-order valence-electron chi connectivity index (χ2n) is 4.51. The summed E-state index contributed by atoms with van der Waals surface area (Å²) >= 11 is 0. The van der Waals surface area contributed by atoms with Crippen LogP contribution in [0.15, 0.2) is 24.3 Å². The quantitative estimate of drug-likeness (QED) is 0.597. The average Bonchev–Trinajstić information content (AvgIpc) is 2.41. The molecule has 0 spiro atoms. The largest absolute Gasteiger partial charge is 0.494 e. The minimum atomic E-state index is 0.757. The molecule has 0 saturated heterocycles. The highest BCUT2D eigenvalue weighted by Gasteiger charge is 1.94. The molecule has 0 aromatic heterocycles. The van der Waals surface area contributed by atoms with Crippen LogP contribution in [0.25, 0.3) is 0 Å². The van der Waals surface area contributed by atoms with Crippen molar-refractivity contribution in [2.75, 3.05) is 46.5 Å². The molecule has 0 heterocycles. The van der Waals surface area contributed by atoms with Crippen molar-refractivity contribution in [1.29, 1.82) is 0 Å². The minimum absolute atomic E-state index is 0.757. The molecule has 0 aliphatic carbocycles. The number of rotatable bonds is 11. The Bertz CT molecular complexity index is 332. The van der Waals surface area contributed by atoms with Crippen molar-refractivity contribution in [2.24, 2.45) is 0 Å². The number of ether oxygens (including phenoxy) is 2. The molecule has 0 fully saturated rings. The summed E-state index contributed by atoms with van der Waals surface area (Å²) in [7, 11) is 1.72. The topological polar surface area (TPSA) is 42.5 Å². The van der Waals surface area contributed by atoms with Gasteiger partial charge in [0, 0.05) is 26.7 Å². The summed E-state index contributed by atoms with van der Waals surface area (Å²) in [6, 6.07) is 8.16. The number of aryl methyl sites for hydroxylation is 1. The van der Waals surface area contributed by atoms with E-state index in [2.05, 4.69) is 29.7 Å². The van der Waals surface area contributed by atoms with Gasteiger partial charge in [-0.05, 0) is 37.6 Å². The first kappa shape index (κ1) is 16.0. The highest BCUT2D eigenvalue weighted by Crippen LogP contribution is 2.12. The van der Waals surface area contributed by atoms with Gasteiger partial charge in [0.1, 0.15) is 5.75 Å². The van der Waals surface area contributed by atoms with Crippen LogP contribution in [0.1, 0.15) is 12.0 Å². The van der Waals surface area contributed by atoms with Crippen molar-refractivity contribution in [2.45, 2.75) is 13.3 Å². The van der Waals surface area contributed by atoms with Gasteiger partial charge in [0.25, 0.3) is 0 Å². The number of methoxy groups -OCH3 is 1. The molecule has 2 N–H and O–H groups in total. The van der Waals surface area contributed by atoms with Gasteiger partial charge in [-0.15, -0.1) is 0 Å². The third-order valence-corrected chi connectivity index (χ3v) is 2.72. The summed E-state index contributed by atoms with van der Waals surface area (Å²) in [6.45, 7) is 7.45. The van der Waals surface area contributed by atoms with Crippen molar-refractivity contribution in [3.05, 3.63) is 29.8 Å². The first-order valence-electron chi connectivity index (χ1n) is 6.93. The zero-order valence-electron chi connectivity index (χ0n) is 12.1. The first-order valence-corrected chi connectivity index (χ1v) is 6.93. The summed E-state index contributed by atoms with van der Waals surface area (Å²) in [4.78, 5) is 0. The number of hydrogen-bond donors (Lipinski definition) is 2. The van der Waals surface area contributed by atoms with Crippen molar-refractivity contribution in [3.8, 4) is 5.75 Å². The van der Waals surface area contributed by atoms with Crippen LogP contribution < -0.4 is 15.4 Å². The van der Waals surface area contributed by atoms with Gasteiger partial charge in [-0.25, -0.2) is 0 Å². The third-order valence-electron chi connectivity index (χ3n) is 2.72. The maximum absolute atomic E-state index is 5.67. The lowest BCUT2D eigenvalue weighted by Crippen LogP contribution is -2.30. The lowest BCUT2D eigenvalue weighted by Gasteiger charge is -2.08. The second-order valence-corrected chi connectivity index (χ2v) is 4.51. The van der Waals surface area contributed by atoms with Crippen LogP contribution in [0.2, 0.25) is 0 Å². The van der Waals surface area contributed by atoms with E-state index in [4.69, 9.17) is 9.47 Å². The summed E-state index contributed by atoms with van der Waals surface area (Å²) < 4.78 is 10.6. The fourth-order valence-corrected chi connectivity index (χ4v) is 1.69. The Balaban J connectivity index is 1.89. The smallest absolute Gasteiger partial charge is 0.119 e. The molecule has 19 heavy (non-hydrogen) atoms. The van der Waals surface area contributed by atoms with E-state index in [0.29, 0.717) is 0 Å². The molecule has 0 bridgehead atoms. The van der Waals surface area contributed by atoms with E-state index in [0.717, 1.165) is 51.6 Å². The van der Waals surface area contributed by atoms with E-state index in [1.165, 1.54) is 5.56 Å². The monoisotopic (exact) mass is 266 g/mol. The van der Waals surface area contributed by atoms with Gasteiger partial charge < -0.3 is 20.1 Å². The SMILES string of the molecule is COCCNCCNCCCOc1cccc(C)c1. The van der Waals surface area contributed by atoms with E-state index in [-0.39, 0.29) is 0 Å². The Labute approximate surface area is 116 Å². The van der Waals surface area contributed by atoms with Crippen molar-refractivity contribution in [1.82, 2.24) is 10.6 Å². The Hall–Kier alpha value is -1.10. The van der Waals surface area contributed by atoms with Gasteiger partial charge in [0.15, 0.2) is 0 Å². The zero-order valence-corrected chi connectivity index (χ0v) is 12.1. The number of benzene rings is 1. The molecule has 0 atom stereocenters. The predicted molar refractivity (Wildman–Crippen MR) is 78.9 cm³/mol. The highest BCUT2D eigenvalue weighted by molar-refractivity contribution is 5.27. The van der Waals surface area contributed by atoms with Gasteiger partial charge in [-0.1, -0.05) is 12.1 Å². The Morgan fingerprint density at radius 3 is 2.53 bits per heavy atom. The van der Waals surface area contributed by atoms with Crippen LogP contribution >= 0.6 is 0 Å². The molecule has 1 aromatic rings. The van der Waals surface area contributed by atoms with Crippen molar-refractivity contribution < 1.29 is 9.47 Å². The Morgan fingerprint density at radius 1 is 1.00 bits per heavy atom. The molecule has 4 heteroatoms. The van der Waals surface area contributed by atoms with Crippen LogP contribution in [0, 0.1) is 6.92 Å². The van der Waals surface area contributed by atoms with E-state index >= 15 is 0 Å². The molecule has 0 aliphatic rings. The molecule has 0 amide bonds. The molecule has 0 saturated carbocycles. The summed E-state index contributed by atoms with van der Waals surface area (Å²) in [5, 5.41) is 6.67. The van der Waals surface area contributed by atoms with Crippen LogP contribution in [0.3, 0.4) is 0 Å². The minimum Gasteiger partial charge on any atom is -0.494 e. The maximum atomic E-state index is 5.67. The van der Waals surface area contributed by atoms with E-state index in [1.54, 1.807) is 7.11 Å². The fourth-order valence-electron chi connectivity index (χ4n) is 1.69. The van der Waals surface area contributed by atoms with Gasteiger partial charge >= 0.3 is 0 Å². The summed E-state index contributed by atoms with van der Waals surface area (Å²) in [5.74, 6) is 0.959. The summed E-state index contributed by atoms with van der Waals surface area (Å²) in [6.07, 6.45) is 1.02. The molecule has 1 aromatic carbocycles. The predicted octanol–water partition coefficient (Wildman–Crippen LogP) is 1.59. The molecule has 1 rings (SSSR count). The molecule has 108 valence electrons. The van der Waals surface area contributed by atoms with Crippen molar-refractivity contribution >= 4 is 0 Å². The molecular weight excluding hydrogens is 240 g/mol. The molecule has 4 nitrogen and oxygen atoms in total. The Morgan fingerprint density at radius 2 is 1.79 bits per heavy atom. The van der Waals surface area contributed by atoms with Gasteiger partial charge in [-0.2, -0.15) is 0 Å². The van der Waals surface area contributed by atoms with Gasteiger partial charge in [0.05, 0.1) is 13.2 Å². The summed E-state index contributed by atoms with van der Waals surface area (Å²) in [5.41, 5.74) is 1.23. The van der Waals surface area contributed by atoms with Crippen LogP contribution in [0.4, 0.5) is 0 Å². The van der Waals surface area contributed by atoms with E-state index in [9.17, 15) is 0 Å². The third kappa shape index (κ3) is 8.59. The second kappa shape index (κ2) is 10.8. The normalized spacial score (nSPS) is 10.6. The lowest BCUT2D eigenvalue weighted by molar-refractivity contribution is 0.199. The van der Waals surface area contributed by atoms with Crippen LogP contribution in [-0.4, -0.2) is 46.5 Å². The van der Waals surface area contributed by atoms with Gasteiger partial charge in [0.2, 0.25) is 0 Å². The number of nitrogens with one attached hydrogen (secondary N) is 2. The average molecular weight is 266 g/mol. The first-order chi connectivity index (χ1) is 9.33. The maximum Gasteiger partial charge on any atom is 0.119 e. The Kier molecular flexibility index (Phi) is 9.06. The lowest BCUT2D eigenvalue weighted by atomic mass is 10.2. The van der Waals surface area contributed by atoms with Crippen LogP contribution in [-0.2, 0) is 4.74 Å². The van der Waals surface area contributed by atoms with E-state index in [1.807, 2.05) is 12.1 Å². The number of hydrogen-bond acceptors (Lipinski definition) is 4. The van der Waals surface area contributed by atoms with Crippen molar-refractivity contribution in [3.63, 3.8) is 0 Å². The molecule has 0 radical (unpaired) electrons. The van der Waals surface area contributed by atoms with E-state index < -0.39 is 0 Å². The fraction of sp³-hybridized carbons (Fsp3) is 0.600. The zero-order chi connectivity index (χ0) is 13.8. The highest BCUT2D eigenvalue weighted by atomic mass is 16.5.